The normalized spacial score (nSPS) is 17.8. The van der Waals surface area contributed by atoms with Crippen LogP contribution in [0.25, 0.3) is 0 Å². The highest BCUT2D eigenvalue weighted by Gasteiger charge is 2.36. The number of phosphoric acid groups is 1. The van der Waals surface area contributed by atoms with Crippen molar-refractivity contribution >= 4 is 19.8 Å². The number of ether oxygens (including phenoxy) is 3. The van der Waals surface area contributed by atoms with Crippen LogP contribution in [0, 0.1) is 0 Å². The molecule has 1 aliphatic rings. The van der Waals surface area contributed by atoms with Crippen molar-refractivity contribution < 1.29 is 46.8 Å². The molecule has 0 saturated carbocycles. The van der Waals surface area contributed by atoms with E-state index in [9.17, 15) is 19.0 Å². The van der Waals surface area contributed by atoms with Crippen molar-refractivity contribution in [1.29, 1.82) is 0 Å². The molecule has 1 rings (SSSR count). The van der Waals surface area contributed by atoms with E-state index < -0.39 is 32.5 Å². The third-order valence-electron chi connectivity index (χ3n) is 9.30. The SMILES string of the molecule is CCCCC/C=C\C/C=C\C/C=C\C/C=C\CCCC(=O)O[C@H](COC(=O)CCC/C=C\C/C=C\CC1OC1C/C=C\CCCCC)COP(=O)(O)OCC[N+](C)(C)C. The van der Waals surface area contributed by atoms with Crippen LogP contribution in [-0.4, -0.2) is 87.1 Å². The molecule has 0 radical (unpaired) electrons. The Labute approximate surface area is 358 Å². The van der Waals surface area contributed by atoms with Crippen molar-refractivity contribution in [3.8, 4) is 0 Å². The van der Waals surface area contributed by atoms with Crippen molar-refractivity contribution in [3.05, 3.63) is 85.1 Å². The first-order valence-corrected chi connectivity index (χ1v) is 23.9. The standard InChI is InChI=1S/C48H80NO9P/c1-6-8-10-12-14-15-16-17-18-19-20-21-22-23-26-31-35-39-48(51)57-44(43-56-59(52,53)55-41-40-49(3,4)5)42-54-47(50)38-34-30-27-24-25-29-33-37-46-45(58-46)36-32-28-13-11-9-7-2/h14-15,17-18,20-21,23-24,26-29,32-33,44-46H,6-13,16,19,22,25,30-31,34-43H2,1-5H3/p+1/b15-14-,18-17-,21-20-,26-23-,27-24-,32-28-,33-29-/t44-,45?,46?/m1/s1. The molecular formula is C48H81NO9P+. The highest BCUT2D eigenvalue weighted by Crippen LogP contribution is 2.43. The number of hydrogen-bond donors (Lipinski definition) is 1. The summed E-state index contributed by atoms with van der Waals surface area (Å²) in [7, 11) is 1.39. The predicted molar refractivity (Wildman–Crippen MR) is 242 cm³/mol. The lowest BCUT2D eigenvalue weighted by atomic mass is 10.1. The van der Waals surface area contributed by atoms with Crippen LogP contribution in [0.3, 0.4) is 0 Å². The molecule has 1 aliphatic heterocycles. The predicted octanol–water partition coefficient (Wildman–Crippen LogP) is 11.8. The third-order valence-corrected chi connectivity index (χ3v) is 10.3. The molecule has 0 bridgehead atoms. The molecule has 0 amide bonds. The quantitative estimate of drug-likeness (QED) is 0.0162. The Kier molecular flexibility index (Phi) is 32.9. The van der Waals surface area contributed by atoms with Gasteiger partial charge in [-0.15, -0.1) is 0 Å². The number of carbonyl (C=O) groups is 2. The summed E-state index contributed by atoms with van der Waals surface area (Å²) >= 11 is 0. The summed E-state index contributed by atoms with van der Waals surface area (Å²) in [5.74, 6) is -0.945. The number of unbranched alkanes of at least 4 members (excludes halogenated alkanes) is 8. The van der Waals surface area contributed by atoms with Crippen molar-refractivity contribution in [1.82, 2.24) is 0 Å². The average Bonchev–Trinajstić information content (AvgIpc) is 3.94. The molecule has 0 aromatic rings. The van der Waals surface area contributed by atoms with Crippen LogP contribution in [0.2, 0.25) is 0 Å². The van der Waals surface area contributed by atoms with Gasteiger partial charge in [-0.2, -0.15) is 0 Å². The number of allylic oxidation sites excluding steroid dienone is 12. The van der Waals surface area contributed by atoms with E-state index in [1.807, 2.05) is 33.3 Å². The summed E-state index contributed by atoms with van der Waals surface area (Å²) in [6.07, 6.45) is 48.2. The number of carbonyl (C=O) groups excluding carboxylic acids is 2. The fraction of sp³-hybridized carbons (Fsp3) is 0.667. The van der Waals surface area contributed by atoms with Crippen LogP contribution in [0.5, 0.6) is 0 Å². The fourth-order valence-corrected chi connectivity index (χ4v) is 6.37. The maximum atomic E-state index is 12.7. The smallest absolute Gasteiger partial charge is 0.462 e. The van der Waals surface area contributed by atoms with E-state index in [1.54, 1.807) is 0 Å². The Morgan fingerprint density at radius 3 is 1.56 bits per heavy atom. The van der Waals surface area contributed by atoms with Gasteiger partial charge in [0.25, 0.3) is 0 Å². The van der Waals surface area contributed by atoms with Gasteiger partial charge in [-0.25, -0.2) is 4.57 Å². The van der Waals surface area contributed by atoms with E-state index in [1.165, 1.54) is 44.9 Å². The molecule has 336 valence electrons. The van der Waals surface area contributed by atoms with Crippen molar-refractivity contribution in [2.24, 2.45) is 0 Å². The minimum atomic E-state index is -4.41. The number of likely N-dealkylation sites (N-methyl/N-ethyl adjacent to an activating group) is 1. The van der Waals surface area contributed by atoms with Gasteiger partial charge in [-0.3, -0.25) is 18.6 Å². The summed E-state index contributed by atoms with van der Waals surface area (Å²) in [4.78, 5) is 35.4. The van der Waals surface area contributed by atoms with Gasteiger partial charge in [0.1, 0.15) is 19.8 Å². The van der Waals surface area contributed by atoms with Crippen LogP contribution in [0.15, 0.2) is 85.1 Å². The molecule has 11 heteroatoms. The number of esters is 2. The molecule has 10 nitrogen and oxygen atoms in total. The molecule has 0 aliphatic carbocycles. The third kappa shape index (κ3) is 36.7. The molecule has 1 saturated heterocycles. The van der Waals surface area contributed by atoms with Gasteiger partial charge in [-0.1, -0.05) is 125 Å². The van der Waals surface area contributed by atoms with E-state index >= 15 is 0 Å². The molecule has 0 aromatic carbocycles. The van der Waals surface area contributed by atoms with Crippen molar-refractivity contribution in [3.63, 3.8) is 0 Å². The molecule has 59 heavy (non-hydrogen) atoms. The van der Waals surface area contributed by atoms with Gasteiger partial charge in [-0.05, 0) is 89.9 Å². The Bertz CT molecular complexity index is 1340. The van der Waals surface area contributed by atoms with E-state index in [0.717, 1.165) is 51.4 Å². The van der Waals surface area contributed by atoms with Gasteiger partial charge >= 0.3 is 19.8 Å². The minimum absolute atomic E-state index is 0.00609. The lowest BCUT2D eigenvalue weighted by Crippen LogP contribution is -2.37. The molecule has 3 unspecified atom stereocenters. The summed E-state index contributed by atoms with van der Waals surface area (Å²) in [5, 5.41) is 0. The van der Waals surface area contributed by atoms with E-state index in [2.05, 4.69) is 86.8 Å². The molecule has 4 atom stereocenters. The molecular weight excluding hydrogens is 766 g/mol. The molecule has 0 spiro atoms. The largest absolute Gasteiger partial charge is 0.472 e. The maximum absolute atomic E-state index is 12.7. The number of hydrogen-bond acceptors (Lipinski definition) is 8. The van der Waals surface area contributed by atoms with Crippen molar-refractivity contribution in [2.75, 3.05) is 47.5 Å². The van der Waals surface area contributed by atoms with Crippen molar-refractivity contribution in [2.45, 2.75) is 161 Å². The second kappa shape index (κ2) is 35.9. The summed E-state index contributed by atoms with van der Waals surface area (Å²) in [5.41, 5.74) is 0. The second-order valence-electron chi connectivity index (χ2n) is 16.1. The Hall–Kier alpha value is -2.85. The summed E-state index contributed by atoms with van der Waals surface area (Å²) < 4.78 is 39.9. The van der Waals surface area contributed by atoms with E-state index in [0.29, 0.717) is 42.5 Å². The Morgan fingerprint density at radius 1 is 0.610 bits per heavy atom. The minimum Gasteiger partial charge on any atom is -0.462 e. The van der Waals surface area contributed by atoms with Gasteiger partial charge in [0.2, 0.25) is 0 Å². The van der Waals surface area contributed by atoms with Crippen LogP contribution in [0.1, 0.15) is 142 Å². The molecule has 1 N–H and O–H groups in total. The first-order chi connectivity index (χ1) is 28.5. The molecule has 0 aromatic heterocycles. The van der Waals surface area contributed by atoms with Gasteiger partial charge in [0.05, 0.1) is 40.0 Å². The summed E-state index contributed by atoms with van der Waals surface area (Å²) in [6, 6.07) is 0. The van der Waals surface area contributed by atoms with E-state index in [4.69, 9.17) is 23.3 Å². The van der Waals surface area contributed by atoms with Crippen LogP contribution in [-0.2, 0) is 37.4 Å². The van der Waals surface area contributed by atoms with Gasteiger partial charge < -0.3 is 23.6 Å². The second-order valence-corrected chi connectivity index (χ2v) is 17.6. The number of rotatable bonds is 38. The van der Waals surface area contributed by atoms with Crippen LogP contribution >= 0.6 is 7.82 Å². The highest BCUT2D eigenvalue weighted by atomic mass is 31.2. The van der Waals surface area contributed by atoms with Crippen LogP contribution < -0.4 is 0 Å². The van der Waals surface area contributed by atoms with Crippen LogP contribution in [0.4, 0.5) is 0 Å². The zero-order valence-electron chi connectivity index (χ0n) is 37.4. The molecule has 1 fully saturated rings. The first kappa shape index (κ1) is 54.2. The van der Waals surface area contributed by atoms with E-state index in [-0.39, 0.29) is 26.1 Å². The number of phosphoric ester groups is 1. The number of epoxide rings is 1. The average molecular weight is 847 g/mol. The first-order valence-electron chi connectivity index (χ1n) is 22.4. The highest BCUT2D eigenvalue weighted by molar-refractivity contribution is 7.47. The number of quaternary nitrogens is 1. The number of nitrogens with zero attached hydrogens (tertiary/aromatic N) is 1. The topological polar surface area (TPSA) is 121 Å². The Balaban J connectivity index is 2.37. The molecule has 1 heterocycles. The zero-order chi connectivity index (χ0) is 43.3. The fourth-order valence-electron chi connectivity index (χ4n) is 5.63. The van der Waals surface area contributed by atoms with Gasteiger partial charge in [0, 0.05) is 12.8 Å². The summed E-state index contributed by atoms with van der Waals surface area (Å²) in [6.45, 7) is 4.20. The zero-order valence-corrected chi connectivity index (χ0v) is 38.3. The van der Waals surface area contributed by atoms with Gasteiger partial charge in [0.15, 0.2) is 6.10 Å². The monoisotopic (exact) mass is 847 g/mol. The lowest BCUT2D eigenvalue weighted by molar-refractivity contribution is -0.870. The Morgan fingerprint density at radius 2 is 1.05 bits per heavy atom. The lowest BCUT2D eigenvalue weighted by Gasteiger charge is -2.24. The maximum Gasteiger partial charge on any atom is 0.472 e.